The normalized spacial score (nSPS) is 10.5. The summed E-state index contributed by atoms with van der Waals surface area (Å²) in [5.41, 5.74) is 8.86. The van der Waals surface area contributed by atoms with Gasteiger partial charge < -0.3 is 10.5 Å². The van der Waals surface area contributed by atoms with Crippen LogP contribution in [0.1, 0.15) is 11.1 Å². The van der Waals surface area contributed by atoms with Crippen molar-refractivity contribution < 1.29 is 4.74 Å². The fourth-order valence-electron chi connectivity index (χ4n) is 1.90. The van der Waals surface area contributed by atoms with Crippen LogP contribution in [-0.4, -0.2) is 9.97 Å². The van der Waals surface area contributed by atoms with E-state index >= 15 is 0 Å². The highest BCUT2D eigenvalue weighted by Gasteiger charge is 2.14. The minimum Gasteiger partial charge on any atom is -0.434 e. The standard InChI is InChI=1S/C14H9IN4OS/c1-7-5-21-13-11(7)18-6-19-14(13)20-12-9(15)2-8(4-16)3-10(12)17/h2-3,5-6H,17H2,1H3. The number of nitriles is 1. The zero-order valence-corrected chi connectivity index (χ0v) is 13.9. The van der Waals surface area contributed by atoms with Gasteiger partial charge in [0.2, 0.25) is 5.88 Å². The number of nitrogen functional groups attached to an aromatic ring is 1. The summed E-state index contributed by atoms with van der Waals surface area (Å²) in [5, 5.41) is 11.0. The van der Waals surface area contributed by atoms with E-state index in [4.69, 9.17) is 15.7 Å². The number of aryl methyl sites for hydroxylation is 1. The van der Waals surface area contributed by atoms with Gasteiger partial charge in [-0.3, -0.25) is 0 Å². The summed E-state index contributed by atoms with van der Waals surface area (Å²) < 4.78 is 7.54. The molecule has 0 bridgehead atoms. The number of nitrogens with zero attached hydrogens (tertiary/aromatic N) is 3. The number of benzene rings is 1. The van der Waals surface area contributed by atoms with Crippen molar-refractivity contribution in [3.63, 3.8) is 0 Å². The number of thiophene rings is 1. The second-order valence-electron chi connectivity index (χ2n) is 4.37. The summed E-state index contributed by atoms with van der Waals surface area (Å²) in [6.07, 6.45) is 1.48. The summed E-state index contributed by atoms with van der Waals surface area (Å²) in [5.74, 6) is 0.994. The summed E-state index contributed by atoms with van der Waals surface area (Å²) in [6.45, 7) is 2.00. The van der Waals surface area contributed by atoms with Crippen LogP contribution in [0.2, 0.25) is 0 Å². The van der Waals surface area contributed by atoms with E-state index in [1.807, 2.05) is 12.3 Å². The molecule has 7 heteroatoms. The molecule has 0 aliphatic carbocycles. The number of fused-ring (bicyclic) bond motifs is 1. The topological polar surface area (TPSA) is 84.8 Å². The second-order valence-corrected chi connectivity index (χ2v) is 6.41. The van der Waals surface area contributed by atoms with Crippen molar-refractivity contribution in [1.29, 1.82) is 5.26 Å². The van der Waals surface area contributed by atoms with Crippen LogP contribution in [0.15, 0.2) is 23.8 Å². The molecule has 0 spiro atoms. The minimum atomic E-state index is 0.415. The molecule has 0 atom stereocenters. The van der Waals surface area contributed by atoms with Crippen LogP contribution < -0.4 is 10.5 Å². The maximum absolute atomic E-state index is 8.94. The number of anilines is 1. The van der Waals surface area contributed by atoms with E-state index < -0.39 is 0 Å². The molecule has 1 aromatic carbocycles. The zero-order valence-electron chi connectivity index (χ0n) is 10.9. The van der Waals surface area contributed by atoms with Gasteiger partial charge in [-0.25, -0.2) is 9.97 Å². The molecule has 0 saturated carbocycles. The molecule has 0 amide bonds. The van der Waals surface area contributed by atoms with Gasteiger partial charge in [0.25, 0.3) is 0 Å². The van der Waals surface area contributed by atoms with E-state index in [-0.39, 0.29) is 0 Å². The predicted octanol–water partition coefficient (Wildman–Crippen LogP) is 3.85. The van der Waals surface area contributed by atoms with Gasteiger partial charge in [0.15, 0.2) is 5.75 Å². The molecule has 0 aliphatic rings. The summed E-state index contributed by atoms with van der Waals surface area (Å²) >= 11 is 3.63. The lowest BCUT2D eigenvalue weighted by molar-refractivity contribution is 0.468. The Morgan fingerprint density at radius 1 is 1.38 bits per heavy atom. The average Bonchev–Trinajstić information content (AvgIpc) is 2.85. The van der Waals surface area contributed by atoms with Gasteiger partial charge >= 0.3 is 0 Å². The van der Waals surface area contributed by atoms with E-state index in [2.05, 4.69) is 38.6 Å². The predicted molar refractivity (Wildman–Crippen MR) is 90.5 cm³/mol. The summed E-state index contributed by atoms with van der Waals surface area (Å²) in [7, 11) is 0. The Labute approximate surface area is 138 Å². The van der Waals surface area contributed by atoms with Crippen molar-refractivity contribution in [2.24, 2.45) is 0 Å². The zero-order chi connectivity index (χ0) is 15.0. The van der Waals surface area contributed by atoms with E-state index in [1.54, 1.807) is 12.1 Å². The molecule has 3 aromatic rings. The van der Waals surface area contributed by atoms with Crippen molar-refractivity contribution in [1.82, 2.24) is 9.97 Å². The van der Waals surface area contributed by atoms with E-state index in [0.29, 0.717) is 22.9 Å². The van der Waals surface area contributed by atoms with Crippen LogP contribution >= 0.6 is 33.9 Å². The Hall–Kier alpha value is -1.92. The Morgan fingerprint density at radius 3 is 2.90 bits per heavy atom. The van der Waals surface area contributed by atoms with Gasteiger partial charge in [0.1, 0.15) is 11.0 Å². The molecule has 0 saturated heterocycles. The lowest BCUT2D eigenvalue weighted by atomic mass is 10.2. The highest BCUT2D eigenvalue weighted by Crippen LogP contribution is 2.37. The van der Waals surface area contributed by atoms with Crippen molar-refractivity contribution in [3.8, 4) is 17.7 Å². The summed E-state index contributed by atoms with van der Waals surface area (Å²) in [4.78, 5) is 8.45. The highest BCUT2D eigenvalue weighted by molar-refractivity contribution is 14.1. The number of aromatic nitrogens is 2. The molecule has 2 N–H and O–H groups in total. The van der Waals surface area contributed by atoms with Gasteiger partial charge in [0.05, 0.1) is 26.4 Å². The Morgan fingerprint density at radius 2 is 2.19 bits per heavy atom. The molecule has 21 heavy (non-hydrogen) atoms. The number of halogens is 1. The highest BCUT2D eigenvalue weighted by atomic mass is 127. The van der Waals surface area contributed by atoms with Gasteiger partial charge in [-0.15, -0.1) is 11.3 Å². The van der Waals surface area contributed by atoms with Gasteiger partial charge in [-0.05, 0) is 52.6 Å². The fourth-order valence-corrected chi connectivity index (χ4v) is 3.59. The number of nitrogens with two attached hydrogens (primary N) is 1. The molecular weight excluding hydrogens is 399 g/mol. The van der Waals surface area contributed by atoms with Crippen LogP contribution in [-0.2, 0) is 0 Å². The fraction of sp³-hybridized carbons (Fsp3) is 0.0714. The number of rotatable bonds is 2. The van der Waals surface area contributed by atoms with Crippen LogP contribution in [0.3, 0.4) is 0 Å². The van der Waals surface area contributed by atoms with Crippen molar-refractivity contribution >= 4 is 49.8 Å². The first-order chi connectivity index (χ1) is 10.1. The molecule has 0 radical (unpaired) electrons. The van der Waals surface area contributed by atoms with Gasteiger partial charge in [0, 0.05) is 0 Å². The molecule has 5 nitrogen and oxygen atoms in total. The molecule has 2 heterocycles. The molecule has 0 aliphatic heterocycles. The third-order valence-electron chi connectivity index (χ3n) is 2.90. The first-order valence-electron chi connectivity index (χ1n) is 5.96. The molecule has 0 unspecified atom stereocenters. The van der Waals surface area contributed by atoms with E-state index in [1.165, 1.54) is 17.7 Å². The monoisotopic (exact) mass is 408 g/mol. The van der Waals surface area contributed by atoms with Gasteiger partial charge in [-0.2, -0.15) is 5.26 Å². The van der Waals surface area contributed by atoms with Crippen molar-refractivity contribution in [2.45, 2.75) is 6.92 Å². The van der Waals surface area contributed by atoms with Crippen LogP contribution in [0, 0.1) is 21.8 Å². The van der Waals surface area contributed by atoms with Crippen molar-refractivity contribution in [2.75, 3.05) is 5.73 Å². The second kappa shape index (κ2) is 5.46. The van der Waals surface area contributed by atoms with E-state index in [9.17, 15) is 0 Å². The van der Waals surface area contributed by atoms with E-state index in [0.717, 1.165) is 19.4 Å². The van der Waals surface area contributed by atoms with Crippen LogP contribution in [0.5, 0.6) is 11.6 Å². The van der Waals surface area contributed by atoms with Gasteiger partial charge in [-0.1, -0.05) is 0 Å². The third-order valence-corrected chi connectivity index (χ3v) is 4.77. The van der Waals surface area contributed by atoms with Crippen LogP contribution in [0.25, 0.3) is 10.2 Å². The SMILES string of the molecule is Cc1csc2c(Oc3c(N)cc(C#N)cc3I)ncnc12. The first-order valence-corrected chi connectivity index (χ1v) is 7.91. The third kappa shape index (κ3) is 2.52. The maximum atomic E-state index is 8.94. The number of ether oxygens (including phenoxy) is 1. The Bertz CT molecular complexity index is 861. The number of hydrogen-bond acceptors (Lipinski definition) is 6. The minimum absolute atomic E-state index is 0.415. The molecule has 0 fully saturated rings. The summed E-state index contributed by atoms with van der Waals surface area (Å²) in [6, 6.07) is 5.39. The molecule has 104 valence electrons. The Kier molecular flexibility index (Phi) is 3.65. The lowest BCUT2D eigenvalue weighted by Crippen LogP contribution is -1.97. The van der Waals surface area contributed by atoms with Crippen LogP contribution in [0.4, 0.5) is 5.69 Å². The lowest BCUT2D eigenvalue weighted by Gasteiger charge is -2.10. The number of hydrogen-bond donors (Lipinski definition) is 1. The average molecular weight is 408 g/mol. The Balaban J connectivity index is 2.09. The molecule has 3 rings (SSSR count). The molecular formula is C14H9IN4OS. The first kappa shape index (κ1) is 14.0. The largest absolute Gasteiger partial charge is 0.434 e. The van der Waals surface area contributed by atoms with Crippen molar-refractivity contribution in [3.05, 3.63) is 38.5 Å². The molecule has 2 aromatic heterocycles. The maximum Gasteiger partial charge on any atom is 0.240 e. The smallest absolute Gasteiger partial charge is 0.240 e. The quantitative estimate of drug-likeness (QED) is 0.514.